The molecule has 1 aromatic heterocycles. The summed E-state index contributed by atoms with van der Waals surface area (Å²) in [7, 11) is 1.72. The molecule has 1 aromatic carbocycles. The van der Waals surface area contributed by atoms with Gasteiger partial charge in [-0.2, -0.15) is 0 Å². The Morgan fingerprint density at radius 1 is 1.25 bits per heavy atom. The number of allylic oxidation sites excluding steroid dienone is 1. The van der Waals surface area contributed by atoms with Crippen molar-refractivity contribution >= 4 is 50.2 Å². The molecular weight excluding hydrogens is 338 g/mol. The Morgan fingerprint density at radius 2 is 2.00 bits per heavy atom. The van der Waals surface area contributed by atoms with Gasteiger partial charge in [0.2, 0.25) is 0 Å². The summed E-state index contributed by atoms with van der Waals surface area (Å²) < 4.78 is 0.898. The Labute approximate surface area is 128 Å². The third-order valence-electron chi connectivity index (χ3n) is 3.18. The highest BCUT2D eigenvalue weighted by Crippen LogP contribution is 2.35. The molecule has 0 saturated heterocycles. The number of likely N-dealkylation sites (N-methyl/N-ethyl adjacent to an activating group) is 1. The highest BCUT2D eigenvalue weighted by Gasteiger charge is 2.29. The van der Waals surface area contributed by atoms with E-state index in [1.165, 1.54) is 17.4 Å². The molecule has 1 aliphatic heterocycles. The van der Waals surface area contributed by atoms with Gasteiger partial charge in [-0.3, -0.25) is 9.59 Å². The minimum atomic E-state index is -0.144. The van der Waals surface area contributed by atoms with Crippen LogP contribution in [0.25, 0.3) is 5.57 Å². The Morgan fingerprint density at radius 3 is 2.70 bits per heavy atom. The molecule has 0 spiro atoms. The number of ketones is 1. The molecule has 1 amide bonds. The Kier molecular flexibility index (Phi) is 3.31. The van der Waals surface area contributed by atoms with E-state index in [1.54, 1.807) is 18.0 Å². The normalized spacial score (nSPS) is 15.8. The third-order valence-corrected chi connectivity index (χ3v) is 4.82. The minimum absolute atomic E-state index is 0.143. The number of hydrogen-bond acceptors (Lipinski definition) is 3. The number of amides is 1. The Hall–Kier alpha value is -1.72. The van der Waals surface area contributed by atoms with Gasteiger partial charge in [-0.05, 0) is 34.1 Å². The summed E-state index contributed by atoms with van der Waals surface area (Å²) in [5.74, 6) is -0.288. The molecular formula is C15H10BrNO2S. The maximum absolute atomic E-state index is 12.2. The number of para-hydroxylation sites is 1. The van der Waals surface area contributed by atoms with Crippen molar-refractivity contribution in [3.8, 4) is 0 Å². The van der Waals surface area contributed by atoms with Gasteiger partial charge in [0.25, 0.3) is 5.91 Å². The zero-order chi connectivity index (χ0) is 14.3. The van der Waals surface area contributed by atoms with Gasteiger partial charge in [0.1, 0.15) is 0 Å². The standard InChI is InChI=1S/C15H10BrNO2S/c1-17-11-5-3-2-4-9(11)10(15(17)19)8-12(18)13-6-7-14(16)20-13/h2-8H,1H3/b10-8-. The summed E-state index contributed by atoms with van der Waals surface area (Å²) in [6, 6.07) is 11.1. The fourth-order valence-electron chi connectivity index (χ4n) is 2.19. The van der Waals surface area contributed by atoms with Gasteiger partial charge in [-0.25, -0.2) is 0 Å². The number of fused-ring (bicyclic) bond motifs is 1. The fourth-order valence-corrected chi connectivity index (χ4v) is 3.48. The van der Waals surface area contributed by atoms with Crippen molar-refractivity contribution in [3.63, 3.8) is 0 Å². The molecule has 1 aliphatic rings. The number of benzene rings is 1. The second-order valence-electron chi connectivity index (χ2n) is 4.41. The maximum Gasteiger partial charge on any atom is 0.258 e. The lowest BCUT2D eigenvalue weighted by molar-refractivity contribution is -0.112. The van der Waals surface area contributed by atoms with E-state index >= 15 is 0 Å². The second kappa shape index (κ2) is 5.00. The number of carbonyl (C=O) groups excluding carboxylic acids is 2. The molecule has 20 heavy (non-hydrogen) atoms. The van der Waals surface area contributed by atoms with Gasteiger partial charge in [0, 0.05) is 18.7 Å². The first-order valence-corrected chi connectivity index (χ1v) is 7.57. The topological polar surface area (TPSA) is 37.4 Å². The lowest BCUT2D eigenvalue weighted by Crippen LogP contribution is -2.20. The van der Waals surface area contributed by atoms with Crippen molar-refractivity contribution in [2.75, 3.05) is 11.9 Å². The first-order chi connectivity index (χ1) is 9.58. The SMILES string of the molecule is CN1C(=O)/C(=C\C(=O)c2ccc(Br)s2)c2ccccc21. The molecule has 0 unspecified atom stereocenters. The van der Waals surface area contributed by atoms with Crippen LogP contribution in [0, 0.1) is 0 Å². The van der Waals surface area contributed by atoms with Crippen LogP contribution in [0.1, 0.15) is 15.2 Å². The fraction of sp³-hybridized carbons (Fsp3) is 0.0667. The predicted octanol–water partition coefficient (Wildman–Crippen LogP) is 3.75. The van der Waals surface area contributed by atoms with Gasteiger partial charge < -0.3 is 4.90 Å². The molecule has 3 nitrogen and oxygen atoms in total. The van der Waals surface area contributed by atoms with Crippen LogP contribution in [-0.4, -0.2) is 18.7 Å². The van der Waals surface area contributed by atoms with Crippen molar-refractivity contribution < 1.29 is 9.59 Å². The van der Waals surface area contributed by atoms with E-state index < -0.39 is 0 Å². The molecule has 0 N–H and O–H groups in total. The van der Waals surface area contributed by atoms with Crippen LogP contribution < -0.4 is 4.90 Å². The number of hydrogen-bond donors (Lipinski definition) is 0. The van der Waals surface area contributed by atoms with Crippen LogP contribution in [-0.2, 0) is 4.79 Å². The molecule has 2 aromatic rings. The number of anilines is 1. The molecule has 100 valence electrons. The van der Waals surface area contributed by atoms with Crippen molar-refractivity contribution in [2.24, 2.45) is 0 Å². The molecule has 0 atom stereocenters. The first-order valence-electron chi connectivity index (χ1n) is 5.97. The van der Waals surface area contributed by atoms with Gasteiger partial charge in [0.05, 0.1) is 19.9 Å². The maximum atomic E-state index is 12.2. The van der Waals surface area contributed by atoms with E-state index in [9.17, 15) is 9.59 Å². The zero-order valence-electron chi connectivity index (χ0n) is 10.6. The van der Waals surface area contributed by atoms with E-state index in [4.69, 9.17) is 0 Å². The van der Waals surface area contributed by atoms with E-state index in [0.717, 1.165) is 15.0 Å². The quantitative estimate of drug-likeness (QED) is 0.612. The smallest absolute Gasteiger partial charge is 0.258 e. The van der Waals surface area contributed by atoms with Gasteiger partial charge in [0.15, 0.2) is 5.78 Å². The summed E-state index contributed by atoms with van der Waals surface area (Å²) in [6.45, 7) is 0. The monoisotopic (exact) mass is 347 g/mol. The van der Waals surface area contributed by atoms with Crippen LogP contribution in [0.5, 0.6) is 0 Å². The molecule has 0 radical (unpaired) electrons. The zero-order valence-corrected chi connectivity index (χ0v) is 13.0. The van der Waals surface area contributed by atoms with E-state index in [-0.39, 0.29) is 11.7 Å². The van der Waals surface area contributed by atoms with E-state index in [0.29, 0.717) is 10.5 Å². The molecule has 2 heterocycles. The summed E-state index contributed by atoms with van der Waals surface area (Å²) >= 11 is 4.69. The lowest BCUT2D eigenvalue weighted by atomic mass is 10.1. The van der Waals surface area contributed by atoms with Crippen LogP contribution in [0.4, 0.5) is 5.69 Å². The summed E-state index contributed by atoms with van der Waals surface area (Å²) in [5, 5.41) is 0. The number of carbonyl (C=O) groups is 2. The number of thiophene rings is 1. The van der Waals surface area contributed by atoms with Crippen LogP contribution in [0.2, 0.25) is 0 Å². The van der Waals surface area contributed by atoms with Gasteiger partial charge >= 0.3 is 0 Å². The van der Waals surface area contributed by atoms with Crippen molar-refractivity contribution in [2.45, 2.75) is 0 Å². The number of halogens is 1. The predicted molar refractivity (Wildman–Crippen MR) is 84.2 cm³/mol. The largest absolute Gasteiger partial charge is 0.311 e. The Balaban J connectivity index is 2.04. The summed E-state index contributed by atoms with van der Waals surface area (Å²) in [4.78, 5) is 26.6. The average molecular weight is 348 g/mol. The number of rotatable bonds is 2. The molecule has 0 aliphatic carbocycles. The van der Waals surface area contributed by atoms with Gasteiger partial charge in [-0.15, -0.1) is 11.3 Å². The average Bonchev–Trinajstić information content (AvgIpc) is 2.98. The molecule has 0 bridgehead atoms. The van der Waals surface area contributed by atoms with Crippen molar-refractivity contribution in [3.05, 3.63) is 56.7 Å². The number of nitrogens with zero attached hydrogens (tertiary/aromatic N) is 1. The van der Waals surface area contributed by atoms with Crippen molar-refractivity contribution in [1.29, 1.82) is 0 Å². The minimum Gasteiger partial charge on any atom is -0.311 e. The molecule has 0 fully saturated rings. The Bertz CT molecular complexity index is 748. The molecule has 5 heteroatoms. The van der Waals surface area contributed by atoms with Crippen LogP contribution in [0.15, 0.2) is 46.3 Å². The first kappa shape index (κ1) is 13.3. The summed E-state index contributed by atoms with van der Waals surface area (Å²) in [5.41, 5.74) is 2.10. The second-order valence-corrected chi connectivity index (χ2v) is 6.87. The molecule has 3 rings (SSSR count). The highest BCUT2D eigenvalue weighted by molar-refractivity contribution is 9.11. The summed E-state index contributed by atoms with van der Waals surface area (Å²) in [6.07, 6.45) is 1.43. The van der Waals surface area contributed by atoms with Crippen molar-refractivity contribution in [1.82, 2.24) is 0 Å². The third kappa shape index (κ3) is 2.13. The van der Waals surface area contributed by atoms with Crippen LogP contribution in [0.3, 0.4) is 0 Å². The van der Waals surface area contributed by atoms with E-state index in [1.807, 2.05) is 30.3 Å². The molecule has 0 saturated carbocycles. The van der Waals surface area contributed by atoms with E-state index in [2.05, 4.69) is 15.9 Å². The van der Waals surface area contributed by atoms with Crippen LogP contribution >= 0.6 is 27.3 Å². The van der Waals surface area contributed by atoms with Gasteiger partial charge in [-0.1, -0.05) is 18.2 Å². The lowest BCUT2D eigenvalue weighted by Gasteiger charge is -2.07. The highest BCUT2D eigenvalue weighted by atomic mass is 79.9.